The Balaban J connectivity index is 2.09. The van der Waals surface area contributed by atoms with Crippen molar-refractivity contribution in [2.75, 3.05) is 0 Å². The minimum absolute atomic E-state index is 0.619. The number of hydrogen-bond donors (Lipinski definition) is 0. The van der Waals surface area contributed by atoms with Crippen molar-refractivity contribution in [2.45, 2.75) is 86.0 Å². The van der Waals surface area contributed by atoms with Gasteiger partial charge in [-0.1, -0.05) is 72.5 Å². The summed E-state index contributed by atoms with van der Waals surface area (Å²) < 4.78 is 0. The Morgan fingerprint density at radius 1 is 1.24 bits per heavy atom. The van der Waals surface area contributed by atoms with Gasteiger partial charge in [0.05, 0.1) is 0 Å². The van der Waals surface area contributed by atoms with Crippen molar-refractivity contribution >= 4 is 0 Å². The first-order valence-corrected chi connectivity index (χ1v) is 9.60. The van der Waals surface area contributed by atoms with Crippen molar-refractivity contribution in [1.82, 2.24) is 0 Å². The van der Waals surface area contributed by atoms with E-state index in [4.69, 9.17) is 0 Å². The van der Waals surface area contributed by atoms with Crippen LogP contribution in [-0.2, 0) is 0 Å². The average Bonchev–Trinajstić information content (AvgIpc) is 2.40. The molecule has 0 amide bonds. The minimum atomic E-state index is 0.619. The lowest BCUT2D eigenvalue weighted by atomic mass is 9.42. The van der Waals surface area contributed by atoms with E-state index >= 15 is 0 Å². The van der Waals surface area contributed by atoms with E-state index in [9.17, 15) is 0 Å². The van der Waals surface area contributed by atoms with E-state index in [2.05, 4.69) is 41.2 Å². The quantitative estimate of drug-likeness (QED) is 0.355. The summed E-state index contributed by atoms with van der Waals surface area (Å²) in [5, 5.41) is 0. The summed E-state index contributed by atoms with van der Waals surface area (Å²) in [6.07, 6.45) is 11.1. The Bertz CT molecular complexity index is 345. The van der Waals surface area contributed by atoms with Crippen LogP contribution in [0.4, 0.5) is 0 Å². The standard InChI is InChI=1S/C21H38/c1-7-9-10-11-19(16(4)8-2)21(6)14-18-13-15(3)12-17(5)20(18)21/h16-20H,3,7-14H2,1-2,4-6H3. The van der Waals surface area contributed by atoms with Crippen LogP contribution in [0, 0.1) is 35.0 Å². The highest BCUT2D eigenvalue weighted by Crippen LogP contribution is 2.65. The van der Waals surface area contributed by atoms with Crippen LogP contribution >= 0.6 is 0 Å². The first kappa shape index (κ1) is 17.1. The molecule has 2 aliphatic rings. The minimum Gasteiger partial charge on any atom is -0.0998 e. The Kier molecular flexibility index (Phi) is 5.60. The van der Waals surface area contributed by atoms with E-state index in [0.717, 1.165) is 29.6 Å². The molecule has 0 aromatic heterocycles. The van der Waals surface area contributed by atoms with Gasteiger partial charge in [-0.3, -0.25) is 0 Å². The van der Waals surface area contributed by atoms with E-state index < -0.39 is 0 Å². The van der Waals surface area contributed by atoms with Crippen LogP contribution in [0.1, 0.15) is 86.0 Å². The first-order valence-electron chi connectivity index (χ1n) is 9.60. The molecule has 0 aromatic rings. The molecule has 6 atom stereocenters. The molecule has 2 saturated carbocycles. The summed E-state index contributed by atoms with van der Waals surface area (Å²) in [5.74, 6) is 4.65. The molecule has 122 valence electrons. The second-order valence-electron chi connectivity index (χ2n) is 8.62. The lowest BCUT2D eigenvalue weighted by molar-refractivity contribution is -0.132. The maximum Gasteiger partial charge on any atom is -0.0258 e. The average molecular weight is 291 g/mol. The van der Waals surface area contributed by atoms with Crippen LogP contribution in [-0.4, -0.2) is 0 Å². The summed E-state index contributed by atoms with van der Waals surface area (Å²) in [7, 11) is 0. The molecule has 0 bridgehead atoms. The van der Waals surface area contributed by atoms with Crippen molar-refractivity contribution in [3.05, 3.63) is 12.2 Å². The van der Waals surface area contributed by atoms with Crippen molar-refractivity contribution in [2.24, 2.45) is 35.0 Å². The number of rotatable bonds is 7. The summed E-state index contributed by atoms with van der Waals surface area (Å²) >= 11 is 0. The molecule has 0 N–H and O–H groups in total. The van der Waals surface area contributed by atoms with Gasteiger partial charge in [-0.15, -0.1) is 0 Å². The van der Waals surface area contributed by atoms with E-state index in [1.807, 2.05) is 0 Å². The van der Waals surface area contributed by atoms with Gasteiger partial charge >= 0.3 is 0 Å². The van der Waals surface area contributed by atoms with Gasteiger partial charge in [-0.25, -0.2) is 0 Å². The molecule has 0 nitrogen and oxygen atoms in total. The highest BCUT2D eigenvalue weighted by Gasteiger charge is 2.57. The summed E-state index contributed by atoms with van der Waals surface area (Å²) in [6, 6.07) is 0. The largest absolute Gasteiger partial charge is 0.0998 e. The van der Waals surface area contributed by atoms with Gasteiger partial charge in [0.2, 0.25) is 0 Å². The summed E-state index contributed by atoms with van der Waals surface area (Å²) in [5.41, 5.74) is 2.14. The molecule has 0 spiro atoms. The highest BCUT2D eigenvalue weighted by molar-refractivity contribution is 5.14. The van der Waals surface area contributed by atoms with Crippen molar-refractivity contribution in [3.63, 3.8) is 0 Å². The third-order valence-electron chi connectivity index (χ3n) is 7.04. The summed E-state index contributed by atoms with van der Waals surface area (Å²) in [4.78, 5) is 0. The summed E-state index contributed by atoms with van der Waals surface area (Å²) in [6.45, 7) is 16.7. The van der Waals surface area contributed by atoms with E-state index in [1.165, 1.54) is 56.9 Å². The van der Waals surface area contributed by atoms with E-state index in [-0.39, 0.29) is 0 Å². The van der Waals surface area contributed by atoms with Gasteiger partial charge in [0.15, 0.2) is 0 Å². The first-order chi connectivity index (χ1) is 9.93. The SMILES string of the molecule is C=C1CC(C)C2C(C1)CC2(C)C(CCCCC)C(C)CC. The van der Waals surface area contributed by atoms with Crippen LogP contribution in [0.2, 0.25) is 0 Å². The van der Waals surface area contributed by atoms with Gasteiger partial charge < -0.3 is 0 Å². The molecule has 6 unspecified atom stereocenters. The fourth-order valence-corrected chi connectivity index (χ4v) is 6.12. The van der Waals surface area contributed by atoms with Crippen molar-refractivity contribution in [1.29, 1.82) is 0 Å². The van der Waals surface area contributed by atoms with Gasteiger partial charge in [0.1, 0.15) is 0 Å². The Morgan fingerprint density at radius 3 is 2.52 bits per heavy atom. The highest BCUT2D eigenvalue weighted by atomic mass is 14.6. The topological polar surface area (TPSA) is 0 Å². The normalized spacial score (nSPS) is 38.5. The molecule has 2 aliphatic carbocycles. The second kappa shape index (κ2) is 6.88. The molecule has 0 radical (unpaired) electrons. The molecular weight excluding hydrogens is 252 g/mol. The maximum absolute atomic E-state index is 4.29. The Hall–Kier alpha value is -0.260. The zero-order valence-electron chi connectivity index (χ0n) is 15.3. The van der Waals surface area contributed by atoms with Gasteiger partial charge in [-0.05, 0) is 60.7 Å². The predicted molar refractivity (Wildman–Crippen MR) is 94.3 cm³/mol. The van der Waals surface area contributed by atoms with Crippen LogP contribution in [0.25, 0.3) is 0 Å². The van der Waals surface area contributed by atoms with Crippen LogP contribution < -0.4 is 0 Å². The predicted octanol–water partition coefficient (Wildman–Crippen LogP) is 6.86. The fourth-order valence-electron chi connectivity index (χ4n) is 6.12. The molecule has 2 rings (SSSR count). The van der Waals surface area contributed by atoms with Crippen molar-refractivity contribution in [3.8, 4) is 0 Å². The zero-order chi connectivity index (χ0) is 15.6. The molecule has 0 aliphatic heterocycles. The van der Waals surface area contributed by atoms with Crippen LogP contribution in [0.3, 0.4) is 0 Å². The monoisotopic (exact) mass is 290 g/mol. The van der Waals surface area contributed by atoms with Gasteiger partial charge in [0, 0.05) is 0 Å². The van der Waals surface area contributed by atoms with Gasteiger partial charge in [0.25, 0.3) is 0 Å². The smallest absolute Gasteiger partial charge is 0.0258 e. The Labute approximate surface area is 133 Å². The molecule has 0 heterocycles. The maximum atomic E-state index is 4.29. The lowest BCUT2D eigenvalue weighted by Crippen LogP contribution is -2.56. The van der Waals surface area contributed by atoms with Crippen LogP contribution in [0.15, 0.2) is 12.2 Å². The van der Waals surface area contributed by atoms with Gasteiger partial charge in [-0.2, -0.15) is 0 Å². The Morgan fingerprint density at radius 2 is 1.95 bits per heavy atom. The number of fused-ring (bicyclic) bond motifs is 1. The number of unbranched alkanes of at least 4 members (excludes halogenated alkanes) is 2. The van der Waals surface area contributed by atoms with Crippen LogP contribution in [0.5, 0.6) is 0 Å². The zero-order valence-corrected chi connectivity index (χ0v) is 15.3. The number of hydrogen-bond acceptors (Lipinski definition) is 0. The van der Waals surface area contributed by atoms with Crippen molar-refractivity contribution < 1.29 is 0 Å². The number of allylic oxidation sites excluding steroid dienone is 1. The lowest BCUT2D eigenvalue weighted by Gasteiger charge is -2.63. The molecule has 2 fully saturated rings. The molecular formula is C21H38. The second-order valence-corrected chi connectivity index (χ2v) is 8.62. The molecule has 0 heteroatoms. The molecule has 21 heavy (non-hydrogen) atoms. The molecule has 0 aromatic carbocycles. The van der Waals surface area contributed by atoms with E-state index in [0.29, 0.717) is 5.41 Å². The van der Waals surface area contributed by atoms with E-state index in [1.54, 1.807) is 0 Å². The third kappa shape index (κ3) is 3.25. The fraction of sp³-hybridized carbons (Fsp3) is 0.905. The molecule has 0 saturated heterocycles. The third-order valence-corrected chi connectivity index (χ3v) is 7.04.